The monoisotopic (exact) mass is 393 g/mol. The number of aromatic nitrogens is 4. The van der Waals surface area contributed by atoms with Crippen LogP contribution in [0.15, 0.2) is 36.8 Å². The molecule has 1 amide bonds. The summed E-state index contributed by atoms with van der Waals surface area (Å²) in [4.78, 5) is 20.7. The van der Waals surface area contributed by atoms with Gasteiger partial charge in [-0.1, -0.05) is 0 Å². The van der Waals surface area contributed by atoms with Crippen LogP contribution in [0.5, 0.6) is 0 Å². The van der Waals surface area contributed by atoms with Crippen molar-refractivity contribution in [3.05, 3.63) is 42.6 Å². The molecule has 0 unspecified atom stereocenters. The quantitative estimate of drug-likeness (QED) is 0.667. The molecule has 0 radical (unpaired) electrons. The first-order valence-corrected chi connectivity index (χ1v) is 10.1. The van der Waals surface area contributed by atoms with E-state index in [1.165, 1.54) is 0 Å². The number of aliphatic hydroxyl groups excluding tert-OH is 1. The molecule has 8 nitrogen and oxygen atoms in total. The summed E-state index contributed by atoms with van der Waals surface area (Å²) in [5.74, 6) is 1.36. The normalized spacial score (nSPS) is 21.6. The Morgan fingerprint density at radius 2 is 2.00 bits per heavy atom. The van der Waals surface area contributed by atoms with Gasteiger partial charge in [0.15, 0.2) is 11.6 Å². The zero-order chi connectivity index (χ0) is 19.8. The van der Waals surface area contributed by atoms with E-state index in [2.05, 4.69) is 20.4 Å². The first-order chi connectivity index (χ1) is 14.2. The molecule has 0 saturated heterocycles. The van der Waals surface area contributed by atoms with Gasteiger partial charge >= 0.3 is 0 Å². The van der Waals surface area contributed by atoms with Gasteiger partial charge in [-0.15, -0.1) is 0 Å². The molecule has 2 aliphatic rings. The van der Waals surface area contributed by atoms with E-state index >= 15 is 0 Å². The van der Waals surface area contributed by atoms with Gasteiger partial charge in [0.25, 0.3) is 0 Å². The van der Waals surface area contributed by atoms with Crippen molar-refractivity contribution < 1.29 is 14.6 Å². The number of pyridine rings is 1. The third kappa shape index (κ3) is 3.99. The van der Waals surface area contributed by atoms with E-state index < -0.39 is 0 Å². The van der Waals surface area contributed by atoms with Gasteiger partial charge in [-0.05, 0) is 49.8 Å². The molecular weight excluding hydrogens is 370 g/mol. The van der Waals surface area contributed by atoms with Crippen molar-refractivity contribution in [3.63, 3.8) is 0 Å². The maximum Gasteiger partial charge on any atom is 0.228 e. The van der Waals surface area contributed by atoms with Crippen molar-refractivity contribution in [1.29, 1.82) is 0 Å². The second-order valence-corrected chi connectivity index (χ2v) is 7.81. The summed E-state index contributed by atoms with van der Waals surface area (Å²) in [7, 11) is 0. The molecule has 29 heavy (non-hydrogen) atoms. The summed E-state index contributed by atoms with van der Waals surface area (Å²) >= 11 is 0. The van der Waals surface area contributed by atoms with Gasteiger partial charge in [-0.25, -0.2) is 14.5 Å². The average molecular weight is 393 g/mol. The maximum absolute atomic E-state index is 11.9. The molecule has 3 aromatic rings. The third-order valence-corrected chi connectivity index (χ3v) is 5.55. The lowest BCUT2D eigenvalue weighted by molar-refractivity contribution is -0.117. The molecule has 0 aliphatic heterocycles. The Balaban J connectivity index is 1.27. The van der Waals surface area contributed by atoms with Gasteiger partial charge in [0, 0.05) is 36.1 Å². The summed E-state index contributed by atoms with van der Waals surface area (Å²) in [6.07, 6.45) is 9.51. The van der Waals surface area contributed by atoms with Crippen LogP contribution in [0, 0.1) is 5.92 Å². The zero-order valence-electron chi connectivity index (χ0n) is 16.0. The number of nitrogens with one attached hydrogen (secondary N) is 1. The van der Waals surface area contributed by atoms with E-state index in [0.29, 0.717) is 18.2 Å². The van der Waals surface area contributed by atoms with Gasteiger partial charge in [-0.2, -0.15) is 5.10 Å². The number of anilines is 1. The summed E-state index contributed by atoms with van der Waals surface area (Å²) < 4.78 is 7.48. The number of hydrogen-bond donors (Lipinski definition) is 2. The minimum atomic E-state index is -0.379. The lowest BCUT2D eigenvalue weighted by Crippen LogP contribution is -2.22. The highest BCUT2D eigenvalue weighted by Gasteiger charge is 2.30. The summed E-state index contributed by atoms with van der Waals surface area (Å²) in [5.41, 5.74) is 2.74. The van der Waals surface area contributed by atoms with Crippen molar-refractivity contribution in [2.24, 2.45) is 5.92 Å². The fourth-order valence-corrected chi connectivity index (χ4v) is 3.67. The SMILES string of the molecule is O=C(Nc1cc2cc(-c3cnc(CO[C@H]4CCC[C@@H]4O)nc3)ccn2n1)C1CC1. The van der Waals surface area contributed by atoms with Gasteiger partial charge < -0.3 is 15.2 Å². The smallest absolute Gasteiger partial charge is 0.228 e. The number of hydrogen-bond acceptors (Lipinski definition) is 6. The zero-order valence-corrected chi connectivity index (χ0v) is 16.0. The van der Waals surface area contributed by atoms with Crippen LogP contribution in [0.1, 0.15) is 37.9 Å². The van der Waals surface area contributed by atoms with Gasteiger partial charge in [-0.3, -0.25) is 4.79 Å². The molecule has 2 atom stereocenters. The number of amides is 1. The maximum atomic E-state index is 11.9. The second-order valence-electron chi connectivity index (χ2n) is 7.81. The molecule has 0 bridgehead atoms. The number of fused-ring (bicyclic) bond motifs is 1. The molecule has 5 rings (SSSR count). The molecule has 2 saturated carbocycles. The summed E-state index contributed by atoms with van der Waals surface area (Å²) in [6.45, 7) is 0.299. The van der Waals surface area contributed by atoms with Crippen LogP contribution in [0.2, 0.25) is 0 Å². The Kier molecular flexibility index (Phi) is 4.73. The fourth-order valence-electron chi connectivity index (χ4n) is 3.67. The van der Waals surface area contributed by atoms with Crippen LogP contribution in [0.3, 0.4) is 0 Å². The number of ether oxygens (including phenoxy) is 1. The van der Waals surface area contributed by atoms with Crippen molar-refractivity contribution in [1.82, 2.24) is 19.6 Å². The van der Waals surface area contributed by atoms with Crippen LogP contribution in [0.4, 0.5) is 5.82 Å². The Bertz CT molecular complexity index is 1030. The number of carbonyl (C=O) groups is 1. The predicted octanol–water partition coefficient (Wildman–Crippen LogP) is 2.57. The van der Waals surface area contributed by atoms with E-state index in [4.69, 9.17) is 4.74 Å². The van der Waals surface area contributed by atoms with Crippen LogP contribution in [-0.4, -0.2) is 42.8 Å². The Morgan fingerprint density at radius 1 is 1.17 bits per heavy atom. The lowest BCUT2D eigenvalue weighted by Gasteiger charge is -2.14. The molecule has 150 valence electrons. The summed E-state index contributed by atoms with van der Waals surface area (Å²) in [6, 6.07) is 5.79. The first kappa shape index (κ1) is 18.2. The van der Waals surface area contributed by atoms with Crippen molar-refractivity contribution in [2.75, 3.05) is 5.32 Å². The number of carbonyl (C=O) groups excluding carboxylic acids is 1. The van der Waals surface area contributed by atoms with Gasteiger partial charge in [0.1, 0.15) is 6.61 Å². The molecule has 0 spiro atoms. The highest BCUT2D eigenvalue weighted by molar-refractivity contribution is 5.93. The Labute approximate surface area is 167 Å². The van der Waals surface area contributed by atoms with E-state index in [1.54, 1.807) is 16.9 Å². The van der Waals surface area contributed by atoms with E-state index in [9.17, 15) is 9.90 Å². The molecule has 3 aromatic heterocycles. The minimum Gasteiger partial charge on any atom is -0.390 e. The molecule has 2 aliphatic carbocycles. The largest absolute Gasteiger partial charge is 0.390 e. The highest BCUT2D eigenvalue weighted by atomic mass is 16.5. The second kappa shape index (κ2) is 7.53. The molecular formula is C21H23N5O3. The van der Waals surface area contributed by atoms with E-state index in [0.717, 1.165) is 48.7 Å². The Morgan fingerprint density at radius 3 is 2.72 bits per heavy atom. The van der Waals surface area contributed by atoms with Gasteiger partial charge in [0.2, 0.25) is 5.91 Å². The third-order valence-electron chi connectivity index (χ3n) is 5.55. The van der Waals surface area contributed by atoms with Crippen LogP contribution in [-0.2, 0) is 16.1 Å². The first-order valence-electron chi connectivity index (χ1n) is 10.1. The van der Waals surface area contributed by atoms with E-state index in [1.807, 2.05) is 24.4 Å². The topological polar surface area (TPSA) is 102 Å². The van der Waals surface area contributed by atoms with Crippen LogP contribution in [0.25, 0.3) is 16.6 Å². The summed E-state index contributed by atoms with van der Waals surface area (Å²) in [5, 5.41) is 17.1. The number of nitrogens with zero attached hydrogens (tertiary/aromatic N) is 4. The predicted molar refractivity (Wildman–Crippen MR) is 106 cm³/mol. The van der Waals surface area contributed by atoms with Crippen molar-refractivity contribution in [2.45, 2.75) is 50.9 Å². The lowest BCUT2D eigenvalue weighted by atomic mass is 10.1. The van der Waals surface area contributed by atoms with Crippen LogP contribution >= 0.6 is 0 Å². The number of aliphatic hydroxyl groups is 1. The molecule has 3 heterocycles. The van der Waals surface area contributed by atoms with Crippen LogP contribution < -0.4 is 5.32 Å². The van der Waals surface area contributed by atoms with Crippen molar-refractivity contribution in [3.8, 4) is 11.1 Å². The van der Waals surface area contributed by atoms with E-state index in [-0.39, 0.29) is 24.0 Å². The number of rotatable bonds is 6. The standard InChI is InChI=1S/C21H23N5O3/c27-17-2-1-3-18(17)29-12-20-22-10-15(11-23-20)14-6-7-26-16(8-14)9-19(25-26)24-21(28)13-4-5-13/h6-11,13,17-18,27H,1-5,12H2,(H,24,25,28)/t17-,18-/m0/s1. The van der Waals surface area contributed by atoms with Crippen molar-refractivity contribution >= 4 is 17.2 Å². The molecule has 2 fully saturated rings. The molecule has 2 N–H and O–H groups in total. The van der Waals surface area contributed by atoms with Gasteiger partial charge in [0.05, 0.1) is 17.7 Å². The molecule has 0 aromatic carbocycles. The Hall–Kier alpha value is -2.84. The average Bonchev–Trinajstić information content (AvgIpc) is 3.39. The molecule has 8 heteroatoms. The highest BCUT2D eigenvalue weighted by Crippen LogP contribution is 2.30. The minimum absolute atomic E-state index is 0.0463. The fraction of sp³-hybridized carbons (Fsp3) is 0.429.